The van der Waals surface area contributed by atoms with Crippen molar-refractivity contribution < 1.29 is 4.74 Å². The molecule has 0 bridgehead atoms. The van der Waals surface area contributed by atoms with Crippen LogP contribution in [0.15, 0.2) is 12.4 Å². The Kier molecular flexibility index (Phi) is 1.71. The first-order valence-corrected chi connectivity index (χ1v) is 2.85. The SMILES string of the molecule is COc1cnc(=N)n(C)c1. The van der Waals surface area contributed by atoms with E-state index >= 15 is 0 Å². The first kappa shape index (κ1) is 6.80. The van der Waals surface area contributed by atoms with Crippen molar-refractivity contribution in [2.45, 2.75) is 0 Å². The van der Waals surface area contributed by atoms with Crippen LogP contribution in [-0.4, -0.2) is 16.7 Å². The molecule has 0 aromatic carbocycles. The Hall–Kier alpha value is -1.32. The molecule has 1 N–H and O–H groups in total. The van der Waals surface area contributed by atoms with Crippen molar-refractivity contribution in [1.82, 2.24) is 9.55 Å². The third-order valence-corrected chi connectivity index (χ3v) is 1.20. The van der Waals surface area contributed by atoms with Gasteiger partial charge in [0.25, 0.3) is 0 Å². The van der Waals surface area contributed by atoms with Gasteiger partial charge in [-0.25, -0.2) is 4.98 Å². The van der Waals surface area contributed by atoms with Crippen molar-refractivity contribution in [2.75, 3.05) is 7.11 Å². The van der Waals surface area contributed by atoms with Crippen molar-refractivity contribution in [1.29, 1.82) is 5.41 Å². The maximum atomic E-state index is 7.19. The molecule has 0 radical (unpaired) electrons. The molecule has 0 fully saturated rings. The summed E-state index contributed by atoms with van der Waals surface area (Å²) in [6.45, 7) is 0. The van der Waals surface area contributed by atoms with Crippen molar-refractivity contribution in [3.63, 3.8) is 0 Å². The summed E-state index contributed by atoms with van der Waals surface area (Å²) in [4.78, 5) is 3.75. The number of rotatable bonds is 1. The van der Waals surface area contributed by atoms with E-state index in [9.17, 15) is 0 Å². The summed E-state index contributed by atoms with van der Waals surface area (Å²) in [6.07, 6.45) is 3.22. The van der Waals surface area contributed by atoms with E-state index in [2.05, 4.69) is 4.98 Å². The molecule has 0 unspecified atom stereocenters. The predicted octanol–water partition coefficient (Wildman–Crippen LogP) is -0.0918. The average Bonchev–Trinajstić information content (AvgIpc) is 1.95. The van der Waals surface area contributed by atoms with E-state index < -0.39 is 0 Å². The molecule has 1 rings (SSSR count). The summed E-state index contributed by atoms with van der Waals surface area (Å²) in [5.41, 5.74) is 0.223. The number of nitrogens with one attached hydrogen (secondary N) is 1. The van der Waals surface area contributed by atoms with Crippen LogP contribution in [0, 0.1) is 5.41 Å². The Morgan fingerprint density at radius 3 is 2.90 bits per heavy atom. The Labute approximate surface area is 58.6 Å². The summed E-state index contributed by atoms with van der Waals surface area (Å²) in [6, 6.07) is 0. The molecule has 0 saturated carbocycles. The molecule has 4 heteroatoms. The Balaban J connectivity index is 3.17. The Morgan fingerprint density at radius 2 is 2.40 bits per heavy atom. The summed E-state index contributed by atoms with van der Waals surface area (Å²) in [5, 5.41) is 7.19. The largest absolute Gasteiger partial charge is 0.494 e. The lowest BCUT2D eigenvalue weighted by molar-refractivity contribution is 0.406. The minimum absolute atomic E-state index is 0.223. The summed E-state index contributed by atoms with van der Waals surface area (Å²) in [5.74, 6) is 0.665. The summed E-state index contributed by atoms with van der Waals surface area (Å²) >= 11 is 0. The zero-order valence-electron chi connectivity index (χ0n) is 5.96. The highest BCUT2D eigenvalue weighted by atomic mass is 16.5. The van der Waals surface area contributed by atoms with Crippen LogP contribution in [0.25, 0.3) is 0 Å². The van der Waals surface area contributed by atoms with Crippen LogP contribution in [0.1, 0.15) is 0 Å². The number of hydrogen-bond acceptors (Lipinski definition) is 3. The minimum atomic E-state index is 0.223. The molecule has 0 atom stereocenters. The van der Waals surface area contributed by atoms with E-state index in [-0.39, 0.29) is 5.62 Å². The van der Waals surface area contributed by atoms with Gasteiger partial charge in [-0.15, -0.1) is 0 Å². The molecule has 0 saturated heterocycles. The molecule has 54 valence electrons. The minimum Gasteiger partial charge on any atom is -0.494 e. The van der Waals surface area contributed by atoms with Crippen LogP contribution in [0.5, 0.6) is 5.75 Å². The van der Waals surface area contributed by atoms with Gasteiger partial charge in [-0.3, -0.25) is 5.41 Å². The molecular formula is C6H9N3O. The predicted molar refractivity (Wildman–Crippen MR) is 35.6 cm³/mol. The fourth-order valence-electron chi connectivity index (χ4n) is 0.607. The lowest BCUT2D eigenvalue weighted by atomic mass is 10.6. The lowest BCUT2D eigenvalue weighted by Crippen LogP contribution is -2.18. The van der Waals surface area contributed by atoms with E-state index in [1.807, 2.05) is 0 Å². The number of hydrogen-bond donors (Lipinski definition) is 1. The molecule has 1 aromatic heterocycles. The molecular weight excluding hydrogens is 130 g/mol. The van der Waals surface area contributed by atoms with Crippen molar-refractivity contribution in [2.24, 2.45) is 7.05 Å². The molecule has 0 aliphatic carbocycles. The second-order valence-corrected chi connectivity index (χ2v) is 1.93. The molecule has 0 aliphatic rings. The number of aromatic nitrogens is 2. The smallest absolute Gasteiger partial charge is 0.221 e. The monoisotopic (exact) mass is 139 g/mol. The zero-order chi connectivity index (χ0) is 7.56. The molecule has 10 heavy (non-hydrogen) atoms. The van der Waals surface area contributed by atoms with E-state index in [4.69, 9.17) is 10.1 Å². The first-order valence-electron chi connectivity index (χ1n) is 2.85. The maximum absolute atomic E-state index is 7.19. The third-order valence-electron chi connectivity index (χ3n) is 1.20. The average molecular weight is 139 g/mol. The number of ether oxygens (including phenoxy) is 1. The van der Waals surface area contributed by atoms with Crippen LogP contribution in [0.4, 0.5) is 0 Å². The fourth-order valence-corrected chi connectivity index (χ4v) is 0.607. The first-order chi connectivity index (χ1) is 4.74. The number of nitrogens with zero attached hydrogens (tertiary/aromatic N) is 2. The molecule has 1 aromatic rings. The van der Waals surface area contributed by atoms with E-state index in [0.29, 0.717) is 5.75 Å². The van der Waals surface area contributed by atoms with Gasteiger partial charge in [-0.1, -0.05) is 0 Å². The lowest BCUT2D eigenvalue weighted by Gasteiger charge is -2.00. The molecule has 0 spiro atoms. The molecule has 4 nitrogen and oxygen atoms in total. The van der Waals surface area contributed by atoms with Crippen LogP contribution in [-0.2, 0) is 7.05 Å². The van der Waals surface area contributed by atoms with Gasteiger partial charge >= 0.3 is 0 Å². The molecule has 0 amide bonds. The normalized spacial score (nSPS) is 9.40. The van der Waals surface area contributed by atoms with Gasteiger partial charge in [-0.05, 0) is 0 Å². The highest BCUT2D eigenvalue weighted by molar-refractivity contribution is 5.10. The van der Waals surface area contributed by atoms with Gasteiger partial charge in [0.1, 0.15) is 0 Å². The van der Waals surface area contributed by atoms with E-state index in [1.165, 1.54) is 6.20 Å². The van der Waals surface area contributed by atoms with Crippen LogP contribution in [0.2, 0.25) is 0 Å². The molecule has 0 aliphatic heterocycles. The van der Waals surface area contributed by atoms with Crippen molar-refractivity contribution in [3.8, 4) is 5.75 Å². The van der Waals surface area contributed by atoms with E-state index in [0.717, 1.165) is 0 Å². The number of methoxy groups -OCH3 is 1. The van der Waals surface area contributed by atoms with Crippen molar-refractivity contribution >= 4 is 0 Å². The standard InChI is InChI=1S/C6H9N3O/c1-9-4-5(10-2)3-8-6(9)7/h3-4,7H,1-2H3. The summed E-state index contributed by atoms with van der Waals surface area (Å²) < 4.78 is 6.47. The second kappa shape index (κ2) is 2.51. The topological polar surface area (TPSA) is 50.9 Å². The number of aryl methyl sites for hydroxylation is 1. The van der Waals surface area contributed by atoms with Gasteiger partial charge in [0.05, 0.1) is 19.5 Å². The highest BCUT2D eigenvalue weighted by Gasteiger charge is 1.90. The van der Waals surface area contributed by atoms with Gasteiger partial charge in [-0.2, -0.15) is 0 Å². The Morgan fingerprint density at radius 1 is 1.70 bits per heavy atom. The van der Waals surface area contributed by atoms with E-state index in [1.54, 1.807) is 24.9 Å². The van der Waals surface area contributed by atoms with Gasteiger partial charge in [0.15, 0.2) is 5.75 Å². The van der Waals surface area contributed by atoms with Crippen LogP contribution in [0.3, 0.4) is 0 Å². The third kappa shape index (κ3) is 1.15. The maximum Gasteiger partial charge on any atom is 0.221 e. The van der Waals surface area contributed by atoms with Crippen molar-refractivity contribution in [3.05, 3.63) is 18.0 Å². The summed E-state index contributed by atoms with van der Waals surface area (Å²) in [7, 11) is 3.32. The quantitative estimate of drug-likeness (QED) is 0.591. The van der Waals surface area contributed by atoms with Crippen LogP contribution < -0.4 is 10.4 Å². The highest BCUT2D eigenvalue weighted by Crippen LogP contribution is 2.00. The second-order valence-electron chi connectivity index (χ2n) is 1.93. The Bertz CT molecular complexity index is 279. The van der Waals surface area contributed by atoms with Gasteiger partial charge in [0, 0.05) is 7.05 Å². The molecule has 1 heterocycles. The van der Waals surface area contributed by atoms with Gasteiger partial charge in [0.2, 0.25) is 5.62 Å². The van der Waals surface area contributed by atoms with Crippen LogP contribution >= 0.6 is 0 Å². The fraction of sp³-hybridized carbons (Fsp3) is 0.333. The zero-order valence-corrected chi connectivity index (χ0v) is 5.96. The van der Waals surface area contributed by atoms with Gasteiger partial charge < -0.3 is 9.30 Å².